The first-order valence-electron chi connectivity index (χ1n) is 12.5. The molecule has 2 saturated heterocycles. The summed E-state index contributed by atoms with van der Waals surface area (Å²) < 4.78 is 32.2. The van der Waals surface area contributed by atoms with Crippen LogP contribution >= 0.6 is 11.3 Å². The SMILES string of the molecule is CN(C)C(=O)CS(=O)(=O)C1CCN(Cc2cc3nc(N4CCOC(c5cnc(N)nc5)C4)ncc3s2)CC1. The van der Waals surface area contributed by atoms with Gasteiger partial charge in [0.05, 0.1) is 34.8 Å². The molecule has 0 bridgehead atoms. The molecule has 0 aromatic carbocycles. The van der Waals surface area contributed by atoms with Crippen LogP contribution < -0.4 is 10.6 Å². The van der Waals surface area contributed by atoms with Crippen LogP contribution in [0.4, 0.5) is 11.9 Å². The number of piperidine rings is 1. The second-order valence-electron chi connectivity index (χ2n) is 9.88. The highest BCUT2D eigenvalue weighted by atomic mass is 32.2. The van der Waals surface area contributed by atoms with Gasteiger partial charge in [0.2, 0.25) is 17.8 Å². The zero-order valence-electron chi connectivity index (χ0n) is 21.5. The second kappa shape index (κ2) is 11.0. The van der Waals surface area contributed by atoms with Gasteiger partial charge in [-0.3, -0.25) is 9.69 Å². The predicted octanol–water partition coefficient (Wildman–Crippen LogP) is 1.11. The summed E-state index contributed by atoms with van der Waals surface area (Å²) in [4.78, 5) is 36.3. The normalized spacial score (nSPS) is 19.6. The van der Waals surface area contributed by atoms with Gasteiger partial charge in [0.25, 0.3) is 0 Å². The van der Waals surface area contributed by atoms with Gasteiger partial charge in [-0.05, 0) is 32.0 Å². The van der Waals surface area contributed by atoms with Crippen LogP contribution in [-0.2, 0) is 25.9 Å². The smallest absolute Gasteiger partial charge is 0.237 e. The van der Waals surface area contributed by atoms with Gasteiger partial charge in [0.1, 0.15) is 11.9 Å². The van der Waals surface area contributed by atoms with Crippen LogP contribution in [0.25, 0.3) is 10.2 Å². The molecule has 2 aliphatic heterocycles. The van der Waals surface area contributed by atoms with Crippen LogP contribution in [-0.4, -0.2) is 102 Å². The van der Waals surface area contributed by atoms with E-state index < -0.39 is 20.8 Å². The highest BCUT2D eigenvalue weighted by Gasteiger charge is 2.32. The fourth-order valence-electron chi connectivity index (χ4n) is 4.72. The number of rotatable bonds is 7. The fraction of sp³-hybridized carbons (Fsp3) is 0.542. The summed E-state index contributed by atoms with van der Waals surface area (Å²) in [6.45, 7) is 3.90. The average Bonchev–Trinajstić information content (AvgIpc) is 3.30. The Bertz CT molecular complexity index is 1390. The third kappa shape index (κ3) is 6.03. The number of hydrogen-bond acceptors (Lipinski definition) is 12. The number of ether oxygens (including phenoxy) is 1. The third-order valence-corrected chi connectivity index (χ3v) is 10.1. The van der Waals surface area contributed by atoms with Crippen LogP contribution in [0.15, 0.2) is 24.7 Å². The first-order valence-corrected chi connectivity index (χ1v) is 15.0. The van der Waals surface area contributed by atoms with Crippen LogP contribution in [0.5, 0.6) is 0 Å². The molecule has 3 aromatic heterocycles. The Morgan fingerprint density at radius 2 is 1.89 bits per heavy atom. The second-order valence-corrected chi connectivity index (χ2v) is 13.3. The Morgan fingerprint density at radius 3 is 2.61 bits per heavy atom. The maximum absolute atomic E-state index is 12.7. The Balaban J connectivity index is 1.20. The first-order chi connectivity index (χ1) is 18.2. The predicted molar refractivity (Wildman–Crippen MR) is 146 cm³/mol. The van der Waals surface area contributed by atoms with E-state index in [9.17, 15) is 13.2 Å². The molecule has 0 saturated carbocycles. The number of thiophene rings is 1. The number of fused-ring (bicyclic) bond motifs is 1. The molecule has 204 valence electrons. The van der Waals surface area contributed by atoms with Crippen molar-refractivity contribution in [3.63, 3.8) is 0 Å². The van der Waals surface area contributed by atoms with Crippen LogP contribution in [0.3, 0.4) is 0 Å². The number of sulfone groups is 1. The molecule has 2 fully saturated rings. The van der Waals surface area contributed by atoms with E-state index in [1.165, 1.54) is 4.90 Å². The molecule has 5 heterocycles. The number of nitrogens with two attached hydrogens (primary N) is 1. The average molecular weight is 561 g/mol. The lowest BCUT2D eigenvalue weighted by Crippen LogP contribution is -2.41. The van der Waals surface area contributed by atoms with E-state index in [4.69, 9.17) is 15.5 Å². The van der Waals surface area contributed by atoms with Crippen LogP contribution in [0.2, 0.25) is 0 Å². The number of nitrogen functional groups attached to an aromatic ring is 1. The van der Waals surface area contributed by atoms with Crippen molar-refractivity contribution >= 4 is 49.2 Å². The van der Waals surface area contributed by atoms with Gasteiger partial charge in [-0.25, -0.2) is 28.4 Å². The van der Waals surface area contributed by atoms with E-state index >= 15 is 0 Å². The molecule has 3 aromatic rings. The summed E-state index contributed by atoms with van der Waals surface area (Å²) in [7, 11) is -0.289. The van der Waals surface area contributed by atoms with E-state index in [1.54, 1.807) is 37.8 Å². The van der Waals surface area contributed by atoms with E-state index in [0.29, 0.717) is 51.6 Å². The number of carbonyl (C=O) groups excluding carboxylic acids is 1. The van der Waals surface area contributed by atoms with Crippen molar-refractivity contribution in [2.75, 3.05) is 63.3 Å². The third-order valence-electron chi connectivity index (χ3n) is 6.97. The molecule has 38 heavy (non-hydrogen) atoms. The van der Waals surface area contributed by atoms with Gasteiger partial charge < -0.3 is 20.3 Å². The molecule has 1 amide bonds. The molecule has 14 heteroatoms. The molecule has 0 aliphatic carbocycles. The summed E-state index contributed by atoms with van der Waals surface area (Å²) in [6.07, 6.45) is 6.13. The molecule has 0 spiro atoms. The number of nitrogens with zero attached hydrogens (tertiary/aromatic N) is 7. The minimum atomic E-state index is -3.44. The molecule has 12 nitrogen and oxygen atoms in total. The lowest BCUT2D eigenvalue weighted by Gasteiger charge is -2.32. The van der Waals surface area contributed by atoms with Gasteiger partial charge in [-0.2, -0.15) is 0 Å². The Hall–Kier alpha value is -2.94. The highest BCUT2D eigenvalue weighted by molar-refractivity contribution is 7.92. The van der Waals surface area contributed by atoms with Gasteiger partial charge in [0.15, 0.2) is 9.84 Å². The molecule has 0 radical (unpaired) electrons. The molecule has 2 N–H and O–H groups in total. The van der Waals surface area contributed by atoms with Crippen molar-refractivity contribution in [3.05, 3.63) is 35.1 Å². The molecule has 5 rings (SSSR count). The number of carbonyl (C=O) groups is 1. The van der Waals surface area contributed by atoms with Crippen molar-refractivity contribution in [1.29, 1.82) is 0 Å². The number of morpholine rings is 1. The molecular formula is C24H32N8O4S2. The molecule has 1 atom stereocenters. The zero-order chi connectivity index (χ0) is 26.9. The summed E-state index contributed by atoms with van der Waals surface area (Å²) in [5.74, 6) is 0.101. The van der Waals surface area contributed by atoms with Crippen LogP contribution in [0.1, 0.15) is 29.4 Å². The Kier molecular flexibility index (Phi) is 7.75. The van der Waals surface area contributed by atoms with Crippen molar-refractivity contribution < 1.29 is 17.9 Å². The van der Waals surface area contributed by atoms with Gasteiger partial charge in [-0.15, -0.1) is 11.3 Å². The summed E-state index contributed by atoms with van der Waals surface area (Å²) in [5.41, 5.74) is 7.37. The number of aromatic nitrogens is 4. The van der Waals surface area contributed by atoms with E-state index in [1.807, 2.05) is 6.20 Å². The van der Waals surface area contributed by atoms with Crippen molar-refractivity contribution in [2.45, 2.75) is 30.7 Å². The number of hydrogen-bond donors (Lipinski definition) is 1. The van der Waals surface area contributed by atoms with E-state index in [-0.39, 0.29) is 18.0 Å². The molecular weight excluding hydrogens is 528 g/mol. The largest absolute Gasteiger partial charge is 0.370 e. The lowest BCUT2D eigenvalue weighted by atomic mass is 10.1. The zero-order valence-corrected chi connectivity index (χ0v) is 23.1. The molecule has 1 unspecified atom stereocenters. The number of likely N-dealkylation sites (tertiary alicyclic amines) is 1. The van der Waals surface area contributed by atoms with Crippen molar-refractivity contribution in [1.82, 2.24) is 29.7 Å². The highest BCUT2D eigenvalue weighted by Crippen LogP contribution is 2.29. The minimum Gasteiger partial charge on any atom is -0.370 e. The fourth-order valence-corrected chi connectivity index (χ4v) is 7.50. The van der Waals surface area contributed by atoms with Crippen molar-refractivity contribution in [2.24, 2.45) is 0 Å². The van der Waals surface area contributed by atoms with E-state index in [0.717, 1.165) is 27.2 Å². The van der Waals surface area contributed by atoms with Crippen LogP contribution in [0, 0.1) is 0 Å². The maximum Gasteiger partial charge on any atom is 0.237 e. The quantitative estimate of drug-likeness (QED) is 0.443. The summed E-state index contributed by atoms with van der Waals surface area (Å²) in [6, 6.07) is 2.09. The van der Waals surface area contributed by atoms with Crippen molar-refractivity contribution in [3.8, 4) is 0 Å². The first kappa shape index (κ1) is 26.7. The standard InChI is InChI=1S/C24H32N8O4S2/c1-30(2)22(33)15-38(34,35)18-3-5-31(6-4-18)13-17-9-19-21(37-17)12-28-24(29-19)32-7-8-36-20(14-32)16-10-26-23(25)27-11-16/h9-12,18,20H,3-8,13-15H2,1-2H3,(H2,25,26,27). The van der Waals surface area contributed by atoms with Gasteiger partial charge in [-0.1, -0.05) is 0 Å². The van der Waals surface area contributed by atoms with Gasteiger partial charge >= 0.3 is 0 Å². The molecule has 2 aliphatic rings. The monoisotopic (exact) mass is 560 g/mol. The minimum absolute atomic E-state index is 0.186. The van der Waals surface area contributed by atoms with E-state index in [2.05, 4.69) is 30.8 Å². The summed E-state index contributed by atoms with van der Waals surface area (Å²) >= 11 is 1.66. The summed E-state index contributed by atoms with van der Waals surface area (Å²) in [5, 5.41) is -0.462. The lowest BCUT2D eigenvalue weighted by molar-refractivity contribution is -0.125. The number of amides is 1. The number of anilines is 2. The Labute approximate surface area is 225 Å². The Morgan fingerprint density at radius 1 is 1.16 bits per heavy atom. The maximum atomic E-state index is 12.7. The topological polar surface area (TPSA) is 148 Å². The van der Waals surface area contributed by atoms with Gasteiger partial charge in [0, 0.05) is 50.0 Å².